The quantitative estimate of drug-likeness (QED) is 0.346. The van der Waals surface area contributed by atoms with E-state index in [1.165, 1.54) is 0 Å². The smallest absolute Gasteiger partial charge is 0.174 e. The zero-order chi connectivity index (χ0) is 22.1. The summed E-state index contributed by atoms with van der Waals surface area (Å²) in [7, 11) is 1.67. The molecule has 0 spiro atoms. The number of anilines is 1. The minimum Gasteiger partial charge on any atom is -0.497 e. The first-order valence-corrected chi connectivity index (χ1v) is 11.4. The van der Waals surface area contributed by atoms with Crippen LogP contribution in [0.4, 0.5) is 5.69 Å². The number of benzene rings is 2. The van der Waals surface area contributed by atoms with Gasteiger partial charge in [-0.05, 0) is 85.0 Å². The van der Waals surface area contributed by atoms with E-state index in [0.29, 0.717) is 5.11 Å². The van der Waals surface area contributed by atoms with E-state index in [-0.39, 0.29) is 12.1 Å². The van der Waals surface area contributed by atoms with Gasteiger partial charge in [0, 0.05) is 33.9 Å². The van der Waals surface area contributed by atoms with Crippen molar-refractivity contribution in [2.75, 3.05) is 12.0 Å². The topological polar surface area (TPSA) is 42.3 Å². The van der Waals surface area contributed by atoms with Crippen molar-refractivity contribution in [1.29, 1.82) is 0 Å². The van der Waals surface area contributed by atoms with Gasteiger partial charge in [0.2, 0.25) is 0 Å². The highest BCUT2D eigenvalue weighted by atomic mass is 79.9. The molecule has 0 aliphatic carbocycles. The standard InChI is InChI=1S/C25H21BrN4OS/c1-31-20-13-11-19(12-14-20)30-24(23(28-25(30)32)21-5-2-3-15-27-21)22-6-4-16-29(22)18-9-7-17(26)8-10-18/h2-16,23-24H,1H3,(H,28,32)/t23-,24-/m0/s1. The van der Waals surface area contributed by atoms with E-state index >= 15 is 0 Å². The lowest BCUT2D eigenvalue weighted by Gasteiger charge is -2.29. The molecule has 5 rings (SSSR count). The van der Waals surface area contributed by atoms with Gasteiger partial charge in [0.1, 0.15) is 11.8 Å². The first-order valence-electron chi connectivity index (χ1n) is 10.2. The van der Waals surface area contributed by atoms with Crippen LogP contribution in [0.25, 0.3) is 5.69 Å². The summed E-state index contributed by atoms with van der Waals surface area (Å²) in [5.74, 6) is 0.808. The summed E-state index contributed by atoms with van der Waals surface area (Å²) in [4.78, 5) is 6.81. The highest BCUT2D eigenvalue weighted by molar-refractivity contribution is 9.10. The van der Waals surface area contributed by atoms with Crippen molar-refractivity contribution in [3.8, 4) is 11.4 Å². The number of pyridine rings is 1. The van der Waals surface area contributed by atoms with Gasteiger partial charge in [0.25, 0.3) is 0 Å². The summed E-state index contributed by atoms with van der Waals surface area (Å²) in [6.07, 6.45) is 3.91. The number of hydrogen-bond donors (Lipinski definition) is 1. The van der Waals surface area contributed by atoms with Gasteiger partial charge in [0.05, 0.1) is 18.8 Å². The fourth-order valence-corrected chi connectivity index (χ4v) is 4.76. The van der Waals surface area contributed by atoms with Crippen molar-refractivity contribution in [3.63, 3.8) is 0 Å². The number of aromatic nitrogens is 2. The molecule has 0 unspecified atom stereocenters. The van der Waals surface area contributed by atoms with Crippen molar-refractivity contribution in [3.05, 3.63) is 107 Å². The number of thiocarbonyl (C=S) groups is 1. The minimum absolute atomic E-state index is 0.0931. The van der Waals surface area contributed by atoms with Gasteiger partial charge in [-0.3, -0.25) is 4.98 Å². The number of methoxy groups -OCH3 is 1. The summed E-state index contributed by atoms with van der Waals surface area (Å²) in [6, 6.07) is 26.3. The molecule has 7 heteroatoms. The lowest BCUT2D eigenvalue weighted by molar-refractivity contribution is 0.415. The average molecular weight is 505 g/mol. The number of halogens is 1. The van der Waals surface area contributed by atoms with Crippen LogP contribution in [0.15, 0.2) is 95.7 Å². The molecule has 1 aliphatic heterocycles. The number of nitrogens with zero attached hydrogens (tertiary/aromatic N) is 3. The van der Waals surface area contributed by atoms with E-state index in [0.717, 1.165) is 33.0 Å². The molecule has 0 radical (unpaired) electrons. The summed E-state index contributed by atoms with van der Waals surface area (Å²) in [6.45, 7) is 0. The van der Waals surface area contributed by atoms with Crippen LogP contribution in [0.3, 0.4) is 0 Å². The van der Waals surface area contributed by atoms with Crippen LogP contribution in [-0.2, 0) is 0 Å². The molecule has 2 aromatic carbocycles. The fraction of sp³-hybridized carbons (Fsp3) is 0.120. The maximum absolute atomic E-state index is 5.83. The van der Waals surface area contributed by atoms with Crippen molar-refractivity contribution in [2.45, 2.75) is 12.1 Å². The van der Waals surface area contributed by atoms with Crippen LogP contribution in [0.1, 0.15) is 23.5 Å². The van der Waals surface area contributed by atoms with Gasteiger partial charge in [-0.2, -0.15) is 0 Å². The van der Waals surface area contributed by atoms with E-state index in [1.807, 2.05) is 60.8 Å². The Morgan fingerprint density at radius 2 is 1.69 bits per heavy atom. The maximum atomic E-state index is 5.83. The van der Waals surface area contributed by atoms with E-state index < -0.39 is 0 Å². The average Bonchev–Trinajstić information content (AvgIpc) is 3.44. The summed E-state index contributed by atoms with van der Waals surface area (Å²) in [5, 5.41) is 4.18. The van der Waals surface area contributed by atoms with Crippen molar-refractivity contribution >= 4 is 38.9 Å². The van der Waals surface area contributed by atoms with Crippen LogP contribution in [0.5, 0.6) is 5.75 Å². The Morgan fingerprint density at radius 3 is 2.38 bits per heavy atom. The minimum atomic E-state index is -0.102. The van der Waals surface area contributed by atoms with Gasteiger partial charge in [-0.1, -0.05) is 22.0 Å². The molecule has 0 amide bonds. The molecule has 5 nitrogen and oxygen atoms in total. The first-order chi connectivity index (χ1) is 15.7. The Morgan fingerprint density at radius 1 is 0.938 bits per heavy atom. The Hall–Kier alpha value is -3.16. The third-order valence-electron chi connectivity index (χ3n) is 5.64. The van der Waals surface area contributed by atoms with Crippen molar-refractivity contribution in [1.82, 2.24) is 14.9 Å². The summed E-state index contributed by atoms with van der Waals surface area (Å²) < 4.78 is 8.60. The van der Waals surface area contributed by atoms with Gasteiger partial charge in [0.15, 0.2) is 5.11 Å². The normalized spacial score (nSPS) is 17.9. The lowest BCUT2D eigenvalue weighted by atomic mass is 10.0. The van der Waals surface area contributed by atoms with Gasteiger partial charge < -0.3 is 19.5 Å². The molecule has 1 N–H and O–H groups in total. The van der Waals surface area contributed by atoms with E-state index in [4.69, 9.17) is 17.0 Å². The van der Waals surface area contributed by atoms with E-state index in [2.05, 4.69) is 66.2 Å². The largest absolute Gasteiger partial charge is 0.497 e. The summed E-state index contributed by atoms with van der Waals surface area (Å²) >= 11 is 9.36. The zero-order valence-corrected chi connectivity index (χ0v) is 19.8. The van der Waals surface area contributed by atoms with Gasteiger partial charge >= 0.3 is 0 Å². The second-order valence-electron chi connectivity index (χ2n) is 7.47. The predicted molar refractivity (Wildman–Crippen MR) is 134 cm³/mol. The second kappa shape index (κ2) is 8.76. The highest BCUT2D eigenvalue weighted by Crippen LogP contribution is 2.42. The van der Waals surface area contributed by atoms with Crippen LogP contribution in [0, 0.1) is 0 Å². The Balaban J connectivity index is 1.64. The highest BCUT2D eigenvalue weighted by Gasteiger charge is 2.42. The Kier molecular flexibility index (Phi) is 5.68. The monoisotopic (exact) mass is 504 g/mol. The van der Waals surface area contributed by atoms with Crippen molar-refractivity contribution < 1.29 is 4.74 Å². The van der Waals surface area contributed by atoms with Crippen LogP contribution >= 0.6 is 28.1 Å². The molecule has 4 aromatic rings. The fourth-order valence-electron chi connectivity index (χ4n) is 4.15. The number of ether oxygens (including phenoxy) is 1. The van der Waals surface area contributed by atoms with Gasteiger partial charge in [-0.25, -0.2) is 0 Å². The van der Waals surface area contributed by atoms with E-state index in [1.54, 1.807) is 7.11 Å². The molecule has 1 fully saturated rings. The third kappa shape index (κ3) is 3.78. The van der Waals surface area contributed by atoms with Gasteiger partial charge in [-0.15, -0.1) is 0 Å². The van der Waals surface area contributed by atoms with Crippen LogP contribution in [0.2, 0.25) is 0 Å². The summed E-state index contributed by atoms with van der Waals surface area (Å²) in [5.41, 5.74) is 4.14. The Labute approximate surface area is 200 Å². The molecule has 3 heterocycles. The maximum Gasteiger partial charge on any atom is 0.174 e. The molecule has 2 aromatic heterocycles. The molecule has 1 aliphatic rings. The number of nitrogens with one attached hydrogen (secondary N) is 1. The number of rotatable bonds is 5. The Bertz CT molecular complexity index is 1230. The number of hydrogen-bond acceptors (Lipinski definition) is 3. The zero-order valence-electron chi connectivity index (χ0n) is 17.4. The first kappa shape index (κ1) is 20.7. The molecule has 0 saturated carbocycles. The van der Waals surface area contributed by atoms with Crippen molar-refractivity contribution in [2.24, 2.45) is 0 Å². The molecule has 0 bridgehead atoms. The second-order valence-corrected chi connectivity index (χ2v) is 8.78. The molecular formula is C25H21BrN4OS. The van der Waals surface area contributed by atoms with E-state index in [9.17, 15) is 0 Å². The molecule has 160 valence electrons. The predicted octanol–water partition coefficient (Wildman–Crippen LogP) is 5.82. The SMILES string of the molecule is COc1ccc(N2C(=S)N[C@@H](c3ccccn3)[C@@H]2c2cccn2-c2ccc(Br)cc2)cc1. The van der Waals surface area contributed by atoms with Crippen LogP contribution < -0.4 is 15.0 Å². The molecule has 32 heavy (non-hydrogen) atoms. The lowest BCUT2D eigenvalue weighted by Crippen LogP contribution is -2.30. The third-order valence-corrected chi connectivity index (χ3v) is 6.48. The molecular weight excluding hydrogens is 484 g/mol. The molecule has 1 saturated heterocycles. The van der Waals surface area contributed by atoms with Crippen LogP contribution in [-0.4, -0.2) is 21.8 Å². The molecule has 2 atom stereocenters.